The number of nitrogens with zero attached hydrogens (tertiary/aromatic N) is 2. The molecule has 2 N–H and O–H groups in total. The number of non-ortho nitro benzene ring substituents is 1. The summed E-state index contributed by atoms with van der Waals surface area (Å²) in [4.78, 5) is 36.5. The van der Waals surface area contributed by atoms with Crippen LogP contribution in [0.1, 0.15) is 21.5 Å². The third kappa shape index (κ3) is 4.27. The van der Waals surface area contributed by atoms with Crippen molar-refractivity contribution < 1.29 is 28.7 Å². The van der Waals surface area contributed by atoms with Crippen LogP contribution >= 0.6 is 0 Å². The van der Waals surface area contributed by atoms with Crippen molar-refractivity contribution in [3.05, 3.63) is 57.1 Å². The molecule has 3 rings (SSSR count). The van der Waals surface area contributed by atoms with Crippen LogP contribution in [0.4, 0.5) is 11.4 Å². The fraction of sp³-hybridized carbons (Fsp3) is 0.300. The van der Waals surface area contributed by atoms with Gasteiger partial charge in [0.05, 0.1) is 30.4 Å². The number of carbonyl (C=O) groups excluding carboxylic acids is 2. The third-order valence-corrected chi connectivity index (χ3v) is 4.86. The highest BCUT2D eigenvalue weighted by Gasteiger charge is 2.24. The molecule has 2 aromatic carbocycles. The summed E-state index contributed by atoms with van der Waals surface area (Å²) in [5.74, 6) is 0.0279. The number of hydrogen-bond acceptors (Lipinski definition) is 8. The first kappa shape index (κ1) is 20.9. The van der Waals surface area contributed by atoms with Gasteiger partial charge in [0.1, 0.15) is 0 Å². The van der Waals surface area contributed by atoms with E-state index in [1.807, 2.05) is 12.1 Å². The number of ether oxygens (including phenoxy) is 3. The van der Waals surface area contributed by atoms with Gasteiger partial charge in [0.2, 0.25) is 0 Å². The van der Waals surface area contributed by atoms with Crippen LogP contribution in [0.25, 0.3) is 0 Å². The molecule has 0 atom stereocenters. The number of methoxy groups -OCH3 is 2. The number of esters is 1. The molecule has 1 amide bonds. The number of rotatable bonds is 6. The molecule has 10 nitrogen and oxygen atoms in total. The first-order valence-corrected chi connectivity index (χ1v) is 9.06. The maximum Gasteiger partial charge on any atom is 0.340 e. The molecule has 30 heavy (non-hydrogen) atoms. The number of nitro groups is 1. The standard InChI is InChI=1S/C20H21N3O7/c1-28-17-7-12-5-6-22(10-13(12)8-18(17)29-2)19(24)11-30-20(25)15-4-3-14(23(26)27)9-16(15)21/h3-4,7-9H,5-6,10-11,21H2,1-2H3. The number of carbonyl (C=O) groups is 2. The second-order valence-electron chi connectivity index (χ2n) is 6.65. The topological polar surface area (TPSA) is 134 Å². The SMILES string of the molecule is COc1cc2c(cc1OC)CN(C(=O)COC(=O)c1ccc([N+](=O)[O-])cc1N)CC2. The van der Waals surface area contributed by atoms with Crippen LogP contribution < -0.4 is 15.2 Å². The van der Waals surface area contributed by atoms with E-state index in [0.717, 1.165) is 23.3 Å². The number of nitrogens with two attached hydrogens (primary N) is 1. The second-order valence-corrected chi connectivity index (χ2v) is 6.65. The molecule has 0 radical (unpaired) electrons. The molecule has 0 unspecified atom stereocenters. The summed E-state index contributed by atoms with van der Waals surface area (Å²) >= 11 is 0. The van der Waals surface area contributed by atoms with Gasteiger partial charge in [-0.05, 0) is 35.7 Å². The maximum absolute atomic E-state index is 12.5. The lowest BCUT2D eigenvalue weighted by Gasteiger charge is -2.29. The Morgan fingerprint density at radius 2 is 1.80 bits per heavy atom. The Hall–Kier alpha value is -3.82. The Labute approximate surface area is 172 Å². The van der Waals surface area contributed by atoms with Crippen LogP contribution in [0.5, 0.6) is 11.5 Å². The lowest BCUT2D eigenvalue weighted by molar-refractivity contribution is -0.384. The first-order valence-electron chi connectivity index (χ1n) is 9.06. The summed E-state index contributed by atoms with van der Waals surface area (Å²) in [5.41, 5.74) is 7.32. The molecule has 0 spiro atoms. The van der Waals surface area contributed by atoms with E-state index in [-0.39, 0.29) is 22.8 Å². The first-order chi connectivity index (χ1) is 14.3. The van der Waals surface area contributed by atoms with Crippen LogP contribution in [-0.4, -0.2) is 49.1 Å². The molecule has 1 aliphatic rings. The fourth-order valence-corrected chi connectivity index (χ4v) is 3.24. The Morgan fingerprint density at radius 1 is 1.13 bits per heavy atom. The molecule has 1 heterocycles. The molecule has 0 saturated carbocycles. The summed E-state index contributed by atoms with van der Waals surface area (Å²) in [6.45, 7) is 0.363. The lowest BCUT2D eigenvalue weighted by Crippen LogP contribution is -2.38. The molecule has 0 bridgehead atoms. The van der Waals surface area contributed by atoms with Gasteiger partial charge in [-0.3, -0.25) is 14.9 Å². The highest BCUT2D eigenvalue weighted by Crippen LogP contribution is 2.33. The minimum atomic E-state index is -0.820. The van der Waals surface area contributed by atoms with Crippen molar-refractivity contribution in [3.63, 3.8) is 0 Å². The largest absolute Gasteiger partial charge is 0.493 e. The molecule has 0 aromatic heterocycles. The van der Waals surface area contributed by atoms with Crippen LogP contribution in [-0.2, 0) is 22.5 Å². The second kappa shape index (κ2) is 8.68. The van der Waals surface area contributed by atoms with Gasteiger partial charge in [0.25, 0.3) is 11.6 Å². The van der Waals surface area contributed by atoms with Crippen LogP contribution in [0, 0.1) is 10.1 Å². The highest BCUT2D eigenvalue weighted by molar-refractivity contribution is 5.96. The third-order valence-electron chi connectivity index (χ3n) is 4.86. The van der Waals surface area contributed by atoms with Gasteiger partial charge in [0, 0.05) is 25.2 Å². The van der Waals surface area contributed by atoms with Crippen LogP contribution in [0.3, 0.4) is 0 Å². The quantitative estimate of drug-likeness (QED) is 0.327. The van der Waals surface area contributed by atoms with Crippen molar-refractivity contribution in [2.75, 3.05) is 33.1 Å². The van der Waals surface area contributed by atoms with E-state index in [4.69, 9.17) is 19.9 Å². The Morgan fingerprint density at radius 3 is 2.40 bits per heavy atom. The van der Waals surface area contributed by atoms with Crippen LogP contribution in [0.15, 0.2) is 30.3 Å². The molecule has 158 valence electrons. The van der Waals surface area contributed by atoms with Gasteiger partial charge in [-0.25, -0.2) is 4.79 Å². The summed E-state index contributed by atoms with van der Waals surface area (Å²) in [5, 5.41) is 10.8. The van der Waals surface area contributed by atoms with E-state index >= 15 is 0 Å². The molecule has 1 aliphatic heterocycles. The van der Waals surface area contributed by atoms with Gasteiger partial charge in [0.15, 0.2) is 18.1 Å². The van der Waals surface area contributed by atoms with Gasteiger partial charge >= 0.3 is 5.97 Å². The summed E-state index contributed by atoms with van der Waals surface area (Å²) in [7, 11) is 3.11. The van der Waals surface area contributed by atoms with E-state index < -0.39 is 17.5 Å². The Balaban J connectivity index is 1.63. The van der Waals surface area contributed by atoms with Crippen molar-refractivity contribution in [1.82, 2.24) is 4.90 Å². The number of hydrogen-bond donors (Lipinski definition) is 1. The zero-order valence-electron chi connectivity index (χ0n) is 16.5. The number of nitrogen functional groups attached to an aromatic ring is 1. The molecule has 0 saturated heterocycles. The number of benzene rings is 2. The molecule has 2 aromatic rings. The highest BCUT2D eigenvalue weighted by atomic mass is 16.6. The predicted octanol–water partition coefficient (Wildman–Crippen LogP) is 1.94. The number of nitro benzene ring substituents is 1. The zero-order chi connectivity index (χ0) is 21.8. The number of fused-ring (bicyclic) bond motifs is 1. The van der Waals surface area contributed by atoms with E-state index in [9.17, 15) is 19.7 Å². The summed E-state index contributed by atoms with van der Waals surface area (Å²) in [6.07, 6.45) is 0.630. The van der Waals surface area contributed by atoms with Crippen molar-refractivity contribution in [3.8, 4) is 11.5 Å². The van der Waals surface area contributed by atoms with Crippen molar-refractivity contribution in [1.29, 1.82) is 0 Å². The molecule has 10 heteroatoms. The predicted molar refractivity (Wildman–Crippen MR) is 106 cm³/mol. The normalized spacial score (nSPS) is 12.7. The average molecular weight is 415 g/mol. The van der Waals surface area contributed by atoms with Crippen molar-refractivity contribution in [2.45, 2.75) is 13.0 Å². The van der Waals surface area contributed by atoms with Crippen molar-refractivity contribution in [2.24, 2.45) is 0 Å². The molecular weight excluding hydrogens is 394 g/mol. The molecule has 0 aliphatic carbocycles. The number of anilines is 1. The Kier molecular flexibility index (Phi) is 6.05. The maximum atomic E-state index is 12.5. The minimum Gasteiger partial charge on any atom is -0.493 e. The van der Waals surface area contributed by atoms with Gasteiger partial charge in [-0.1, -0.05) is 0 Å². The van der Waals surface area contributed by atoms with E-state index in [1.165, 1.54) is 6.07 Å². The number of amides is 1. The van der Waals surface area contributed by atoms with E-state index in [0.29, 0.717) is 31.0 Å². The average Bonchev–Trinajstić information content (AvgIpc) is 2.75. The lowest BCUT2D eigenvalue weighted by atomic mass is 9.99. The Bertz CT molecular complexity index is 1010. The zero-order valence-corrected chi connectivity index (χ0v) is 16.5. The fourth-order valence-electron chi connectivity index (χ4n) is 3.24. The monoisotopic (exact) mass is 415 g/mol. The molecule has 0 fully saturated rings. The van der Waals surface area contributed by atoms with E-state index in [1.54, 1.807) is 19.1 Å². The van der Waals surface area contributed by atoms with Crippen LogP contribution in [0.2, 0.25) is 0 Å². The van der Waals surface area contributed by atoms with Gasteiger partial charge < -0.3 is 24.8 Å². The minimum absolute atomic E-state index is 0.0331. The van der Waals surface area contributed by atoms with Gasteiger partial charge in [-0.2, -0.15) is 0 Å². The summed E-state index contributed by atoms with van der Waals surface area (Å²) in [6, 6.07) is 7.15. The van der Waals surface area contributed by atoms with Crippen molar-refractivity contribution >= 4 is 23.3 Å². The smallest absolute Gasteiger partial charge is 0.340 e. The molecular formula is C20H21N3O7. The van der Waals surface area contributed by atoms with Gasteiger partial charge in [-0.15, -0.1) is 0 Å². The summed E-state index contributed by atoms with van der Waals surface area (Å²) < 4.78 is 15.7. The van der Waals surface area contributed by atoms with E-state index in [2.05, 4.69) is 0 Å².